The number of aromatic nitrogens is 2. The first-order chi connectivity index (χ1) is 16.4. The van der Waals surface area contributed by atoms with Crippen molar-refractivity contribution in [1.29, 1.82) is 0 Å². The van der Waals surface area contributed by atoms with Gasteiger partial charge in [-0.25, -0.2) is 14.8 Å². The van der Waals surface area contributed by atoms with Crippen molar-refractivity contribution in [1.82, 2.24) is 14.9 Å². The van der Waals surface area contributed by atoms with Crippen LogP contribution in [0.15, 0.2) is 30.6 Å². The summed E-state index contributed by atoms with van der Waals surface area (Å²) in [7, 11) is 0. The van der Waals surface area contributed by atoms with Crippen molar-refractivity contribution in [3.05, 3.63) is 41.7 Å². The van der Waals surface area contributed by atoms with Gasteiger partial charge in [-0.15, -0.1) is 0 Å². The Morgan fingerprint density at radius 2 is 1.74 bits per heavy atom. The van der Waals surface area contributed by atoms with Crippen LogP contribution in [0.5, 0.6) is 17.5 Å². The van der Waals surface area contributed by atoms with Gasteiger partial charge in [0.15, 0.2) is 0 Å². The summed E-state index contributed by atoms with van der Waals surface area (Å²) in [5.74, 6) is 1.52. The molecule has 11 heteroatoms. The Labute approximate surface area is 201 Å². The van der Waals surface area contributed by atoms with Gasteiger partial charge in [-0.05, 0) is 38.5 Å². The van der Waals surface area contributed by atoms with Crippen LogP contribution in [0.1, 0.15) is 43.7 Å². The van der Waals surface area contributed by atoms with E-state index >= 15 is 0 Å². The van der Waals surface area contributed by atoms with E-state index in [-0.39, 0.29) is 24.2 Å². The third-order valence-corrected chi connectivity index (χ3v) is 6.26. The summed E-state index contributed by atoms with van der Waals surface area (Å²) in [6.45, 7) is 7.36. The summed E-state index contributed by atoms with van der Waals surface area (Å²) in [4.78, 5) is 22.3. The summed E-state index contributed by atoms with van der Waals surface area (Å²) < 4.78 is 38.6. The van der Waals surface area contributed by atoms with Gasteiger partial charge in [-0.2, -0.15) is 4.21 Å². The number of ether oxygens (including phenoxy) is 3. The van der Waals surface area contributed by atoms with Crippen LogP contribution < -0.4 is 9.47 Å². The molecule has 0 unspecified atom stereocenters. The highest BCUT2D eigenvalue weighted by Crippen LogP contribution is 2.30. The minimum atomic E-state index is -1.65. The zero-order valence-corrected chi connectivity index (χ0v) is 20.3. The number of carbonyl (C=O) groups is 1. The maximum absolute atomic E-state index is 12.1. The fourth-order valence-electron chi connectivity index (χ4n) is 3.70. The Bertz CT molecular complexity index is 1000. The molecule has 0 saturated carbocycles. The van der Waals surface area contributed by atoms with Crippen LogP contribution in [0, 0.1) is 6.92 Å². The summed E-state index contributed by atoms with van der Waals surface area (Å²) in [6.07, 6.45) is 2.32. The SMILES string of the molecule is Cc1c(Oc2ccc([C@H]3CO[S@](=O)OC3)cc2)ncnc1OC1CCN(C(=O)OC(C)C)CC1. The average Bonchev–Trinajstić information content (AvgIpc) is 2.83. The van der Waals surface area contributed by atoms with E-state index < -0.39 is 11.4 Å². The molecule has 2 saturated heterocycles. The lowest BCUT2D eigenvalue weighted by atomic mass is 10.0. The molecule has 1 aromatic carbocycles. The number of amides is 1. The summed E-state index contributed by atoms with van der Waals surface area (Å²) in [5.41, 5.74) is 1.71. The van der Waals surface area contributed by atoms with Crippen molar-refractivity contribution in [2.24, 2.45) is 0 Å². The molecule has 0 radical (unpaired) electrons. The van der Waals surface area contributed by atoms with Crippen LogP contribution in [0.2, 0.25) is 0 Å². The number of hydrogen-bond acceptors (Lipinski definition) is 9. The van der Waals surface area contributed by atoms with E-state index in [9.17, 15) is 9.00 Å². The highest BCUT2D eigenvalue weighted by atomic mass is 32.2. The maximum atomic E-state index is 12.1. The first kappa shape index (κ1) is 24.4. The number of hydrogen-bond donors (Lipinski definition) is 0. The van der Waals surface area contributed by atoms with Crippen LogP contribution in [-0.2, 0) is 24.5 Å². The monoisotopic (exact) mass is 491 g/mol. The van der Waals surface area contributed by atoms with Gasteiger partial charge in [0.1, 0.15) is 18.2 Å². The molecule has 184 valence electrons. The van der Waals surface area contributed by atoms with Crippen LogP contribution in [0.3, 0.4) is 0 Å². The molecule has 0 aliphatic carbocycles. The molecule has 2 fully saturated rings. The highest BCUT2D eigenvalue weighted by molar-refractivity contribution is 7.75. The summed E-state index contributed by atoms with van der Waals surface area (Å²) >= 11 is -1.65. The molecule has 34 heavy (non-hydrogen) atoms. The molecular formula is C23H29N3O7S. The van der Waals surface area contributed by atoms with Crippen LogP contribution in [0.25, 0.3) is 0 Å². The lowest BCUT2D eigenvalue weighted by Crippen LogP contribution is -2.42. The fraction of sp³-hybridized carbons (Fsp3) is 0.522. The molecule has 3 heterocycles. The third-order valence-electron chi connectivity index (χ3n) is 5.60. The van der Waals surface area contributed by atoms with E-state index in [0.717, 1.165) is 5.56 Å². The molecule has 2 aliphatic heterocycles. The largest absolute Gasteiger partial charge is 0.474 e. The predicted octanol–water partition coefficient (Wildman–Crippen LogP) is 3.67. The van der Waals surface area contributed by atoms with Crippen molar-refractivity contribution >= 4 is 17.5 Å². The van der Waals surface area contributed by atoms with Crippen LogP contribution in [-0.4, -0.2) is 63.7 Å². The number of rotatable bonds is 6. The Hall–Kier alpha value is -2.76. The Balaban J connectivity index is 1.33. The number of nitrogens with zero attached hydrogens (tertiary/aromatic N) is 3. The average molecular weight is 492 g/mol. The number of likely N-dealkylation sites (tertiary alicyclic amines) is 1. The standard InChI is InChI=1S/C23H29N3O7S/c1-15(2)31-23(27)26-10-8-20(9-11-26)33-22-16(3)21(24-14-25-22)32-19-6-4-17(5-7-19)18-12-29-34(28)30-13-18/h4-7,14-15,18,20H,8-13H2,1-3H3/t18-,34-. The molecule has 4 rings (SSSR count). The highest BCUT2D eigenvalue weighted by Gasteiger charge is 2.26. The van der Waals surface area contributed by atoms with Gasteiger partial charge < -0.3 is 19.1 Å². The molecule has 0 atom stereocenters. The Kier molecular flexibility index (Phi) is 7.96. The van der Waals surface area contributed by atoms with E-state index in [1.54, 1.807) is 4.90 Å². The van der Waals surface area contributed by atoms with E-state index in [2.05, 4.69) is 9.97 Å². The van der Waals surface area contributed by atoms with E-state index in [1.807, 2.05) is 45.0 Å². The van der Waals surface area contributed by atoms with Gasteiger partial charge in [0.25, 0.3) is 0 Å². The second-order valence-electron chi connectivity index (χ2n) is 8.49. The topological polar surface area (TPSA) is 109 Å². The molecule has 0 N–H and O–H groups in total. The number of benzene rings is 1. The lowest BCUT2D eigenvalue weighted by Gasteiger charge is -2.31. The van der Waals surface area contributed by atoms with Crippen molar-refractivity contribution in [2.75, 3.05) is 26.3 Å². The van der Waals surface area contributed by atoms with Gasteiger partial charge in [-0.3, -0.25) is 8.37 Å². The summed E-state index contributed by atoms with van der Waals surface area (Å²) in [5, 5.41) is 0. The Morgan fingerprint density at radius 1 is 1.09 bits per heavy atom. The van der Waals surface area contributed by atoms with Gasteiger partial charge >= 0.3 is 17.5 Å². The van der Waals surface area contributed by atoms with E-state index in [1.165, 1.54) is 6.33 Å². The van der Waals surface area contributed by atoms with Crippen molar-refractivity contribution in [2.45, 2.75) is 51.7 Å². The van der Waals surface area contributed by atoms with Crippen LogP contribution in [0.4, 0.5) is 4.79 Å². The molecule has 0 bridgehead atoms. The smallest absolute Gasteiger partial charge is 0.410 e. The number of carbonyl (C=O) groups excluding carboxylic acids is 1. The molecular weight excluding hydrogens is 462 g/mol. The normalized spacial score (nSPS) is 21.4. The van der Waals surface area contributed by atoms with E-state index in [4.69, 9.17) is 22.6 Å². The van der Waals surface area contributed by atoms with E-state index in [0.29, 0.717) is 62.2 Å². The van der Waals surface area contributed by atoms with Crippen molar-refractivity contribution < 1.29 is 31.6 Å². The fourth-order valence-corrected chi connectivity index (χ4v) is 4.32. The first-order valence-electron chi connectivity index (χ1n) is 11.3. The van der Waals surface area contributed by atoms with Crippen molar-refractivity contribution in [3.63, 3.8) is 0 Å². The van der Waals surface area contributed by atoms with Gasteiger partial charge in [-0.1, -0.05) is 12.1 Å². The molecule has 2 aromatic rings. The van der Waals surface area contributed by atoms with Gasteiger partial charge in [0, 0.05) is 31.8 Å². The van der Waals surface area contributed by atoms with Crippen molar-refractivity contribution in [3.8, 4) is 17.5 Å². The summed E-state index contributed by atoms with van der Waals surface area (Å²) in [6, 6.07) is 7.53. The molecule has 10 nitrogen and oxygen atoms in total. The zero-order valence-electron chi connectivity index (χ0n) is 19.5. The van der Waals surface area contributed by atoms with Gasteiger partial charge in [0.2, 0.25) is 11.8 Å². The molecule has 0 spiro atoms. The zero-order chi connectivity index (χ0) is 24.1. The number of piperidine rings is 1. The van der Waals surface area contributed by atoms with Crippen LogP contribution >= 0.6 is 0 Å². The molecule has 2 aliphatic rings. The molecule has 1 aromatic heterocycles. The minimum absolute atomic E-state index is 0.0196. The first-order valence-corrected chi connectivity index (χ1v) is 12.3. The second kappa shape index (κ2) is 11.1. The van der Waals surface area contributed by atoms with Gasteiger partial charge in [0.05, 0.1) is 24.9 Å². The quantitative estimate of drug-likeness (QED) is 0.598. The molecule has 1 amide bonds. The minimum Gasteiger partial charge on any atom is -0.474 e. The Morgan fingerprint density at radius 3 is 2.38 bits per heavy atom. The second-order valence-corrected chi connectivity index (χ2v) is 9.37. The maximum Gasteiger partial charge on any atom is 0.410 e. The predicted molar refractivity (Wildman–Crippen MR) is 123 cm³/mol. The lowest BCUT2D eigenvalue weighted by molar-refractivity contribution is 0.0505. The third kappa shape index (κ3) is 6.22.